The lowest BCUT2D eigenvalue weighted by atomic mass is 10.0. The Bertz CT molecular complexity index is 970. The van der Waals surface area contributed by atoms with Gasteiger partial charge in [0, 0.05) is 31.9 Å². The van der Waals surface area contributed by atoms with Gasteiger partial charge in [-0.15, -0.1) is 0 Å². The Morgan fingerprint density at radius 1 is 1.11 bits per heavy atom. The van der Waals surface area contributed by atoms with E-state index in [1.54, 1.807) is 21.9 Å². The van der Waals surface area contributed by atoms with E-state index in [1.807, 2.05) is 45.0 Å². The lowest BCUT2D eigenvalue weighted by molar-refractivity contribution is -0.138. The summed E-state index contributed by atoms with van der Waals surface area (Å²) in [5, 5.41) is 6.13. The molecule has 35 heavy (non-hydrogen) atoms. The number of nitrogens with zero attached hydrogens (tertiary/aromatic N) is 3. The molecule has 1 aromatic carbocycles. The molecule has 3 fully saturated rings. The zero-order chi connectivity index (χ0) is 25.3. The standard InChI is InChI=1S/C26H37N5O4/c1-16(2)14-20(28-24(33)17-7-9-18(10-8-17)29(3)4)26(35)30-13-11-21-23(30)22(32)15-31(21)25(34)19-6-5-12-27-19/h7-10,16,19-21,23,27H,5-6,11-15H2,1-4H3,(H,28,33)/t19-,20-,21?,23-/m0/s1. The van der Waals surface area contributed by atoms with Gasteiger partial charge in [-0.1, -0.05) is 13.8 Å². The Morgan fingerprint density at radius 2 is 1.83 bits per heavy atom. The van der Waals surface area contributed by atoms with Crippen LogP contribution in [0.3, 0.4) is 0 Å². The van der Waals surface area contributed by atoms with Crippen molar-refractivity contribution >= 4 is 29.2 Å². The molecule has 3 amide bonds. The van der Waals surface area contributed by atoms with E-state index in [2.05, 4.69) is 10.6 Å². The molecule has 4 atom stereocenters. The van der Waals surface area contributed by atoms with E-state index >= 15 is 0 Å². The third kappa shape index (κ3) is 5.19. The fourth-order valence-corrected chi connectivity index (χ4v) is 5.50. The average molecular weight is 484 g/mol. The second kappa shape index (κ2) is 10.4. The van der Waals surface area contributed by atoms with E-state index in [-0.39, 0.29) is 48.1 Å². The van der Waals surface area contributed by atoms with Crippen LogP contribution >= 0.6 is 0 Å². The topological polar surface area (TPSA) is 102 Å². The van der Waals surface area contributed by atoms with Gasteiger partial charge in [0.05, 0.1) is 18.6 Å². The van der Waals surface area contributed by atoms with Crippen LogP contribution in [0.1, 0.15) is 49.9 Å². The molecule has 9 nitrogen and oxygen atoms in total. The van der Waals surface area contributed by atoms with Crippen LogP contribution in [-0.4, -0.2) is 91.2 Å². The number of likely N-dealkylation sites (tertiary alicyclic amines) is 2. The van der Waals surface area contributed by atoms with Crippen LogP contribution < -0.4 is 15.5 Å². The molecule has 3 aliphatic rings. The van der Waals surface area contributed by atoms with Crippen LogP contribution in [0.15, 0.2) is 24.3 Å². The number of Topliss-reactive ketones (excluding diaryl/α,β-unsaturated/α-hetero) is 1. The molecule has 0 aliphatic carbocycles. The van der Waals surface area contributed by atoms with Gasteiger partial charge < -0.3 is 25.3 Å². The van der Waals surface area contributed by atoms with Gasteiger partial charge in [0.25, 0.3) is 5.91 Å². The highest BCUT2D eigenvalue weighted by molar-refractivity contribution is 6.01. The average Bonchev–Trinajstić information content (AvgIpc) is 3.56. The quantitative estimate of drug-likeness (QED) is 0.601. The zero-order valence-corrected chi connectivity index (χ0v) is 21.1. The first-order valence-electron chi connectivity index (χ1n) is 12.6. The number of anilines is 1. The maximum atomic E-state index is 13.6. The Kier molecular flexibility index (Phi) is 7.44. The van der Waals surface area contributed by atoms with Crippen molar-refractivity contribution in [3.8, 4) is 0 Å². The molecule has 190 valence electrons. The SMILES string of the molecule is CC(C)C[C@H](NC(=O)c1ccc(N(C)C)cc1)C(=O)N1CCC2[C@H]1C(=O)CN2C(=O)[C@@H]1CCCN1. The number of carbonyl (C=O) groups is 4. The van der Waals surface area contributed by atoms with Gasteiger partial charge in [-0.2, -0.15) is 0 Å². The van der Waals surface area contributed by atoms with Crippen molar-refractivity contribution < 1.29 is 19.2 Å². The number of carbonyl (C=O) groups excluding carboxylic acids is 4. The monoisotopic (exact) mass is 483 g/mol. The fraction of sp³-hybridized carbons (Fsp3) is 0.615. The van der Waals surface area contributed by atoms with E-state index in [9.17, 15) is 19.2 Å². The first-order valence-corrected chi connectivity index (χ1v) is 12.6. The molecule has 1 unspecified atom stereocenters. The molecular weight excluding hydrogens is 446 g/mol. The zero-order valence-electron chi connectivity index (χ0n) is 21.1. The Labute approximate surface area is 207 Å². The van der Waals surface area contributed by atoms with Gasteiger partial charge in [0.1, 0.15) is 12.1 Å². The van der Waals surface area contributed by atoms with Crippen molar-refractivity contribution in [3.05, 3.63) is 29.8 Å². The number of benzene rings is 1. The summed E-state index contributed by atoms with van der Waals surface area (Å²) in [7, 11) is 3.86. The molecule has 3 saturated heterocycles. The molecule has 0 spiro atoms. The number of hydrogen-bond acceptors (Lipinski definition) is 6. The summed E-state index contributed by atoms with van der Waals surface area (Å²) in [6.45, 7) is 5.27. The first-order chi connectivity index (χ1) is 16.7. The van der Waals surface area contributed by atoms with Gasteiger partial charge >= 0.3 is 0 Å². The summed E-state index contributed by atoms with van der Waals surface area (Å²) in [6, 6.07) is 5.34. The molecule has 3 aliphatic heterocycles. The summed E-state index contributed by atoms with van der Waals surface area (Å²) in [5.41, 5.74) is 1.46. The van der Waals surface area contributed by atoms with Gasteiger partial charge in [-0.25, -0.2) is 0 Å². The van der Waals surface area contributed by atoms with Crippen molar-refractivity contribution in [2.45, 2.75) is 63.7 Å². The molecule has 1 aromatic rings. The number of rotatable bonds is 7. The van der Waals surface area contributed by atoms with E-state index in [0.29, 0.717) is 24.9 Å². The molecule has 2 N–H and O–H groups in total. The number of nitrogens with one attached hydrogen (secondary N) is 2. The molecule has 0 bridgehead atoms. The van der Waals surface area contributed by atoms with E-state index < -0.39 is 12.1 Å². The molecule has 3 heterocycles. The lowest BCUT2D eigenvalue weighted by Crippen LogP contribution is -2.53. The van der Waals surface area contributed by atoms with Crippen LogP contribution in [0.2, 0.25) is 0 Å². The van der Waals surface area contributed by atoms with Crippen molar-refractivity contribution in [2.75, 3.05) is 38.6 Å². The Balaban J connectivity index is 1.47. The molecule has 0 radical (unpaired) electrons. The number of fused-ring (bicyclic) bond motifs is 1. The first kappa shape index (κ1) is 25.2. The normalized spacial score (nSPS) is 24.6. The molecule has 9 heteroatoms. The second-order valence-corrected chi connectivity index (χ2v) is 10.5. The van der Waals surface area contributed by atoms with E-state index in [0.717, 1.165) is 25.1 Å². The fourth-order valence-electron chi connectivity index (χ4n) is 5.50. The lowest BCUT2D eigenvalue weighted by Gasteiger charge is -2.29. The number of hydrogen-bond donors (Lipinski definition) is 2. The minimum absolute atomic E-state index is 0.0362. The molecule has 4 rings (SSSR count). The summed E-state index contributed by atoms with van der Waals surface area (Å²) in [6.07, 6.45) is 2.78. The van der Waals surface area contributed by atoms with Crippen molar-refractivity contribution in [2.24, 2.45) is 5.92 Å². The summed E-state index contributed by atoms with van der Waals surface area (Å²) >= 11 is 0. The van der Waals surface area contributed by atoms with Gasteiger partial charge in [-0.05, 0) is 62.4 Å². The molecule has 0 saturated carbocycles. The maximum absolute atomic E-state index is 13.6. The van der Waals surface area contributed by atoms with E-state index in [4.69, 9.17) is 0 Å². The Hall–Kier alpha value is -2.94. The highest BCUT2D eigenvalue weighted by Gasteiger charge is 2.53. The summed E-state index contributed by atoms with van der Waals surface area (Å²) in [4.78, 5) is 57.9. The van der Waals surface area contributed by atoms with E-state index in [1.165, 1.54) is 0 Å². The highest BCUT2D eigenvalue weighted by atomic mass is 16.2. The van der Waals surface area contributed by atoms with Crippen LogP contribution in [0.5, 0.6) is 0 Å². The minimum atomic E-state index is -0.733. The predicted octanol–water partition coefficient (Wildman–Crippen LogP) is 1.03. The van der Waals surface area contributed by atoms with Gasteiger partial charge in [0.15, 0.2) is 5.78 Å². The molecular formula is C26H37N5O4. The van der Waals surface area contributed by atoms with Crippen LogP contribution in [0.25, 0.3) is 0 Å². The summed E-state index contributed by atoms with van der Waals surface area (Å²) in [5.74, 6) is -0.519. The van der Waals surface area contributed by atoms with Crippen LogP contribution in [0, 0.1) is 5.92 Å². The second-order valence-electron chi connectivity index (χ2n) is 10.5. The number of ketones is 1. The minimum Gasteiger partial charge on any atom is -0.378 e. The largest absolute Gasteiger partial charge is 0.378 e. The summed E-state index contributed by atoms with van der Waals surface area (Å²) < 4.78 is 0. The van der Waals surface area contributed by atoms with Crippen LogP contribution in [-0.2, 0) is 14.4 Å². The van der Waals surface area contributed by atoms with Crippen molar-refractivity contribution in [3.63, 3.8) is 0 Å². The van der Waals surface area contributed by atoms with Gasteiger partial charge in [-0.3, -0.25) is 19.2 Å². The third-order valence-electron chi connectivity index (χ3n) is 7.30. The van der Waals surface area contributed by atoms with Crippen molar-refractivity contribution in [1.29, 1.82) is 0 Å². The smallest absolute Gasteiger partial charge is 0.251 e. The Morgan fingerprint density at radius 3 is 2.43 bits per heavy atom. The van der Waals surface area contributed by atoms with Crippen molar-refractivity contribution in [1.82, 2.24) is 20.4 Å². The predicted molar refractivity (Wildman–Crippen MR) is 133 cm³/mol. The van der Waals surface area contributed by atoms with Gasteiger partial charge in [0.2, 0.25) is 11.8 Å². The number of amides is 3. The third-order valence-corrected chi connectivity index (χ3v) is 7.30. The maximum Gasteiger partial charge on any atom is 0.251 e. The highest BCUT2D eigenvalue weighted by Crippen LogP contribution is 2.32. The van der Waals surface area contributed by atoms with Crippen LogP contribution in [0.4, 0.5) is 5.69 Å². The molecule has 0 aromatic heterocycles.